The summed E-state index contributed by atoms with van der Waals surface area (Å²) in [4.78, 5) is 3.65. The van der Waals surface area contributed by atoms with Gasteiger partial charge in [-0.05, 0) is 12.1 Å². The smallest absolute Gasteiger partial charge is 0.388 e. The minimum absolute atomic E-state index is 0.00742. The zero-order valence-corrected chi connectivity index (χ0v) is 7.63. The molecule has 6 heteroatoms. The summed E-state index contributed by atoms with van der Waals surface area (Å²) in [6, 6.07) is 4.67. The summed E-state index contributed by atoms with van der Waals surface area (Å²) in [5.74, 6) is -0.352. The van der Waals surface area contributed by atoms with E-state index in [1.54, 1.807) is 0 Å². The molecule has 0 radical (unpaired) electrons. The Morgan fingerprint density at radius 3 is 2.86 bits per heavy atom. The molecule has 0 aliphatic rings. The number of nitriles is 1. The van der Waals surface area contributed by atoms with Crippen molar-refractivity contribution in [1.29, 1.82) is 5.26 Å². The molecule has 1 rings (SSSR count). The minimum atomic E-state index is -2.97. The van der Waals surface area contributed by atoms with Crippen LogP contribution in [0.25, 0.3) is 0 Å². The second-order valence-corrected chi connectivity index (χ2v) is 2.71. The normalized spacial score (nSPS) is 9.93. The van der Waals surface area contributed by atoms with Gasteiger partial charge < -0.3 is 4.74 Å². The van der Waals surface area contributed by atoms with E-state index in [1.807, 2.05) is 6.07 Å². The Hall–Kier alpha value is -1.41. The van der Waals surface area contributed by atoms with Gasteiger partial charge >= 0.3 is 6.61 Å². The highest BCUT2D eigenvalue weighted by molar-refractivity contribution is 6.31. The van der Waals surface area contributed by atoms with Gasteiger partial charge in [0.2, 0.25) is 5.88 Å². The van der Waals surface area contributed by atoms with Crippen LogP contribution in [0.2, 0.25) is 5.02 Å². The van der Waals surface area contributed by atoms with Crippen molar-refractivity contribution >= 4 is 11.6 Å². The van der Waals surface area contributed by atoms with Gasteiger partial charge in [0.25, 0.3) is 0 Å². The fraction of sp³-hybridized carbons (Fsp3) is 0.250. The van der Waals surface area contributed by atoms with Gasteiger partial charge in [0.1, 0.15) is 5.02 Å². The zero-order valence-electron chi connectivity index (χ0n) is 6.88. The number of rotatable bonds is 3. The van der Waals surface area contributed by atoms with Crippen LogP contribution in [-0.2, 0) is 6.42 Å². The van der Waals surface area contributed by atoms with E-state index in [2.05, 4.69) is 9.72 Å². The van der Waals surface area contributed by atoms with E-state index >= 15 is 0 Å². The van der Waals surface area contributed by atoms with Crippen LogP contribution in [-0.4, -0.2) is 11.6 Å². The lowest BCUT2D eigenvalue weighted by Crippen LogP contribution is -2.05. The minimum Gasteiger partial charge on any atom is -0.415 e. The molecule has 1 aromatic rings. The Morgan fingerprint density at radius 1 is 1.57 bits per heavy atom. The summed E-state index contributed by atoms with van der Waals surface area (Å²) in [6.07, 6.45) is 0.0246. The molecule has 3 nitrogen and oxygen atoms in total. The monoisotopic (exact) mass is 218 g/mol. The fourth-order valence-electron chi connectivity index (χ4n) is 0.808. The van der Waals surface area contributed by atoms with E-state index in [0.29, 0.717) is 5.69 Å². The van der Waals surface area contributed by atoms with E-state index in [9.17, 15) is 8.78 Å². The van der Waals surface area contributed by atoms with Crippen molar-refractivity contribution in [2.75, 3.05) is 0 Å². The first-order valence-electron chi connectivity index (χ1n) is 3.60. The molecule has 0 aliphatic carbocycles. The second-order valence-electron chi connectivity index (χ2n) is 2.30. The molecule has 74 valence electrons. The maximum atomic E-state index is 11.8. The topological polar surface area (TPSA) is 45.9 Å². The van der Waals surface area contributed by atoms with Gasteiger partial charge in [0, 0.05) is 0 Å². The first-order valence-corrected chi connectivity index (χ1v) is 3.98. The van der Waals surface area contributed by atoms with Crippen molar-refractivity contribution in [3.05, 3.63) is 22.8 Å². The number of aromatic nitrogens is 1. The molecule has 14 heavy (non-hydrogen) atoms. The van der Waals surface area contributed by atoms with Gasteiger partial charge in [-0.1, -0.05) is 11.6 Å². The number of hydrogen-bond acceptors (Lipinski definition) is 3. The van der Waals surface area contributed by atoms with Crippen molar-refractivity contribution in [1.82, 2.24) is 4.98 Å². The van der Waals surface area contributed by atoms with E-state index in [1.165, 1.54) is 12.1 Å². The summed E-state index contributed by atoms with van der Waals surface area (Å²) in [7, 11) is 0. The Bertz CT molecular complexity index is 365. The highest BCUT2D eigenvalue weighted by atomic mass is 35.5. The van der Waals surface area contributed by atoms with Crippen molar-refractivity contribution in [2.24, 2.45) is 0 Å². The largest absolute Gasteiger partial charge is 0.415 e. The van der Waals surface area contributed by atoms with Crippen LogP contribution in [0.15, 0.2) is 12.1 Å². The first kappa shape index (κ1) is 10.7. The Morgan fingerprint density at radius 2 is 2.29 bits per heavy atom. The number of alkyl halides is 2. The van der Waals surface area contributed by atoms with Crippen molar-refractivity contribution in [2.45, 2.75) is 13.0 Å². The maximum Gasteiger partial charge on any atom is 0.388 e. The molecule has 1 aromatic heterocycles. The number of nitrogens with zero attached hydrogens (tertiary/aromatic N) is 2. The van der Waals surface area contributed by atoms with Crippen LogP contribution in [0, 0.1) is 11.3 Å². The van der Waals surface area contributed by atoms with Gasteiger partial charge in [0.05, 0.1) is 18.2 Å². The molecule has 0 bridgehead atoms. The molecule has 0 N–H and O–H groups in total. The van der Waals surface area contributed by atoms with Crippen LogP contribution in [0.5, 0.6) is 5.88 Å². The summed E-state index contributed by atoms with van der Waals surface area (Å²) >= 11 is 5.54. The Labute approximate surface area is 83.9 Å². The highest BCUT2D eigenvalue weighted by Crippen LogP contribution is 2.23. The average molecular weight is 219 g/mol. The molecule has 0 unspecified atom stereocenters. The predicted molar refractivity (Wildman–Crippen MR) is 45.2 cm³/mol. The molecule has 0 spiro atoms. The third kappa shape index (κ3) is 2.82. The van der Waals surface area contributed by atoms with Crippen LogP contribution >= 0.6 is 11.6 Å². The van der Waals surface area contributed by atoms with Crippen molar-refractivity contribution < 1.29 is 13.5 Å². The van der Waals surface area contributed by atoms with Gasteiger partial charge in [-0.25, -0.2) is 4.98 Å². The fourth-order valence-corrected chi connectivity index (χ4v) is 0.958. The molecule has 1 heterocycles. The lowest BCUT2D eigenvalue weighted by atomic mass is 10.3. The molecule has 0 atom stereocenters. The third-order valence-corrected chi connectivity index (χ3v) is 1.62. The lowest BCUT2D eigenvalue weighted by molar-refractivity contribution is -0.0528. The maximum absolute atomic E-state index is 11.8. The highest BCUT2D eigenvalue weighted by Gasteiger charge is 2.10. The van der Waals surface area contributed by atoms with Gasteiger partial charge in [0.15, 0.2) is 0 Å². The summed E-state index contributed by atoms with van der Waals surface area (Å²) in [6.45, 7) is -2.97. The number of hydrogen-bond donors (Lipinski definition) is 0. The molecule has 0 saturated heterocycles. The predicted octanol–water partition coefficient (Wildman–Crippen LogP) is 2.40. The molecular formula is C8H5ClF2N2O. The molecule has 0 fully saturated rings. The second kappa shape index (κ2) is 4.72. The number of ether oxygens (including phenoxy) is 1. The molecular weight excluding hydrogens is 214 g/mol. The quantitative estimate of drug-likeness (QED) is 0.783. The molecule has 0 aromatic carbocycles. The van der Waals surface area contributed by atoms with Gasteiger partial charge in [-0.2, -0.15) is 14.0 Å². The van der Waals surface area contributed by atoms with Crippen LogP contribution in [0.1, 0.15) is 5.69 Å². The first-order chi connectivity index (χ1) is 6.63. The van der Waals surface area contributed by atoms with E-state index < -0.39 is 6.61 Å². The van der Waals surface area contributed by atoms with Crippen molar-refractivity contribution in [3.63, 3.8) is 0 Å². The molecule has 0 aliphatic heterocycles. The van der Waals surface area contributed by atoms with E-state index in [-0.39, 0.29) is 17.3 Å². The average Bonchev–Trinajstić information content (AvgIpc) is 2.10. The molecule has 0 amide bonds. The number of halogens is 3. The Balaban J connectivity index is 2.91. The van der Waals surface area contributed by atoms with Crippen molar-refractivity contribution in [3.8, 4) is 11.9 Å². The third-order valence-electron chi connectivity index (χ3n) is 1.33. The van der Waals surface area contributed by atoms with E-state index in [4.69, 9.17) is 16.9 Å². The zero-order chi connectivity index (χ0) is 10.6. The van der Waals surface area contributed by atoms with Crippen LogP contribution in [0.3, 0.4) is 0 Å². The SMILES string of the molecule is N#CCc1ccc(Cl)c(OC(F)F)n1. The van der Waals surface area contributed by atoms with Crippen LogP contribution in [0.4, 0.5) is 8.78 Å². The van der Waals surface area contributed by atoms with Gasteiger partial charge in [-0.15, -0.1) is 0 Å². The summed E-state index contributed by atoms with van der Waals surface area (Å²) in [5.41, 5.74) is 0.340. The number of pyridine rings is 1. The van der Waals surface area contributed by atoms with Gasteiger partial charge in [-0.3, -0.25) is 0 Å². The Kier molecular flexibility index (Phi) is 3.60. The van der Waals surface area contributed by atoms with E-state index in [0.717, 1.165) is 0 Å². The van der Waals surface area contributed by atoms with Crippen LogP contribution < -0.4 is 4.74 Å². The lowest BCUT2D eigenvalue weighted by Gasteiger charge is -2.05. The molecule has 0 saturated carbocycles. The summed E-state index contributed by atoms with van der Waals surface area (Å²) in [5, 5.41) is 8.34. The summed E-state index contributed by atoms with van der Waals surface area (Å²) < 4.78 is 27.7. The standard InChI is InChI=1S/C8H5ClF2N2O/c9-6-2-1-5(3-4-12)13-7(6)14-8(10)11/h1-2,8H,3H2.